The Hall–Kier alpha value is -0.550. The van der Waals surface area contributed by atoms with Crippen LogP contribution in [0.4, 0.5) is 8.78 Å². The van der Waals surface area contributed by atoms with E-state index in [0.29, 0.717) is 19.4 Å². The quantitative estimate of drug-likeness (QED) is 0.821. The highest BCUT2D eigenvalue weighted by molar-refractivity contribution is 7.11. The van der Waals surface area contributed by atoms with Crippen molar-refractivity contribution in [1.82, 2.24) is 4.98 Å². The van der Waals surface area contributed by atoms with Gasteiger partial charge in [-0.2, -0.15) is 0 Å². The molecular weight excluding hydrogens is 206 g/mol. The normalized spacial score (nSPS) is 19.4. The maximum atomic E-state index is 13.0. The fraction of sp³-hybridized carbons (Fsp3) is 0.667. The minimum absolute atomic E-state index is 0.0637. The van der Waals surface area contributed by atoms with Crippen LogP contribution < -0.4 is 5.73 Å². The predicted octanol–water partition coefficient (Wildman–Crippen LogP) is 1.77. The maximum absolute atomic E-state index is 13.0. The van der Waals surface area contributed by atoms with Crippen LogP contribution in [0, 0.1) is 0 Å². The van der Waals surface area contributed by atoms with Gasteiger partial charge >= 0.3 is 0 Å². The van der Waals surface area contributed by atoms with Crippen LogP contribution in [0.15, 0.2) is 0 Å². The summed E-state index contributed by atoms with van der Waals surface area (Å²) in [6, 6.07) is 0. The zero-order valence-corrected chi connectivity index (χ0v) is 8.54. The first kappa shape index (κ1) is 9.98. The van der Waals surface area contributed by atoms with Crippen molar-refractivity contribution in [2.45, 2.75) is 31.6 Å². The number of nitrogens with zero attached hydrogens (tertiary/aromatic N) is 1. The van der Waals surface area contributed by atoms with E-state index in [1.807, 2.05) is 0 Å². The van der Waals surface area contributed by atoms with Gasteiger partial charge in [-0.1, -0.05) is 0 Å². The molecule has 78 valence electrons. The molecule has 0 unspecified atom stereocenters. The first-order chi connectivity index (χ1) is 6.61. The zero-order valence-electron chi connectivity index (χ0n) is 7.72. The van der Waals surface area contributed by atoms with Gasteiger partial charge in [-0.25, -0.2) is 13.8 Å². The summed E-state index contributed by atoms with van der Waals surface area (Å²) in [7, 11) is 0. The van der Waals surface area contributed by atoms with E-state index in [0.717, 1.165) is 15.6 Å². The second-order valence-electron chi connectivity index (χ2n) is 3.55. The lowest BCUT2D eigenvalue weighted by Gasteiger charge is -2.19. The summed E-state index contributed by atoms with van der Waals surface area (Å²) in [4.78, 5) is 5.07. The molecule has 0 aromatic carbocycles. The second kappa shape index (κ2) is 3.55. The van der Waals surface area contributed by atoms with Gasteiger partial charge in [-0.3, -0.25) is 0 Å². The van der Waals surface area contributed by atoms with Crippen molar-refractivity contribution in [3.63, 3.8) is 0 Å². The van der Waals surface area contributed by atoms with E-state index < -0.39 is 5.92 Å². The van der Waals surface area contributed by atoms with Crippen LogP contribution in [-0.2, 0) is 19.3 Å². The average molecular weight is 218 g/mol. The molecule has 0 saturated heterocycles. The third-order valence-corrected chi connectivity index (χ3v) is 3.48. The number of alkyl halides is 2. The molecule has 1 heterocycles. The van der Waals surface area contributed by atoms with E-state index >= 15 is 0 Å². The molecule has 0 atom stereocenters. The van der Waals surface area contributed by atoms with Gasteiger partial charge < -0.3 is 5.73 Å². The lowest BCUT2D eigenvalue weighted by atomic mass is 9.99. The summed E-state index contributed by atoms with van der Waals surface area (Å²) in [5, 5.41) is 0.898. The highest BCUT2D eigenvalue weighted by Crippen LogP contribution is 2.35. The third-order valence-electron chi connectivity index (χ3n) is 2.33. The Morgan fingerprint density at radius 2 is 2.29 bits per heavy atom. The van der Waals surface area contributed by atoms with Crippen molar-refractivity contribution < 1.29 is 8.78 Å². The number of hydrogen-bond acceptors (Lipinski definition) is 3. The summed E-state index contributed by atoms with van der Waals surface area (Å²) in [5.74, 6) is -2.53. The fourth-order valence-corrected chi connectivity index (χ4v) is 2.83. The van der Waals surface area contributed by atoms with Gasteiger partial charge in [-0.15, -0.1) is 11.3 Å². The van der Waals surface area contributed by atoms with Crippen LogP contribution in [0.5, 0.6) is 0 Å². The lowest BCUT2D eigenvalue weighted by Crippen LogP contribution is -2.24. The molecule has 2 nitrogen and oxygen atoms in total. The Bertz CT molecular complexity index is 336. The minimum atomic E-state index is -2.53. The Morgan fingerprint density at radius 1 is 1.50 bits per heavy atom. The van der Waals surface area contributed by atoms with E-state index in [-0.39, 0.29) is 12.8 Å². The molecule has 0 spiro atoms. The molecule has 1 aromatic rings. The van der Waals surface area contributed by atoms with E-state index in [4.69, 9.17) is 5.73 Å². The number of halogens is 2. The molecule has 1 aromatic heterocycles. The van der Waals surface area contributed by atoms with Crippen LogP contribution in [-0.4, -0.2) is 17.5 Å². The predicted molar refractivity (Wildman–Crippen MR) is 51.8 cm³/mol. The summed E-state index contributed by atoms with van der Waals surface area (Å²) >= 11 is 1.39. The van der Waals surface area contributed by atoms with Crippen molar-refractivity contribution in [1.29, 1.82) is 0 Å². The third kappa shape index (κ3) is 1.93. The highest BCUT2D eigenvalue weighted by atomic mass is 32.1. The molecule has 0 amide bonds. The number of aryl methyl sites for hydroxylation is 1. The van der Waals surface area contributed by atoms with E-state index in [9.17, 15) is 8.78 Å². The van der Waals surface area contributed by atoms with Crippen molar-refractivity contribution in [3.05, 3.63) is 15.6 Å². The highest BCUT2D eigenvalue weighted by Gasteiger charge is 2.35. The lowest BCUT2D eigenvalue weighted by molar-refractivity contribution is -0.0116. The molecule has 1 aliphatic rings. The largest absolute Gasteiger partial charge is 0.330 e. The molecule has 2 rings (SSSR count). The summed E-state index contributed by atoms with van der Waals surface area (Å²) in [5.41, 5.74) is 6.26. The Balaban J connectivity index is 2.21. The van der Waals surface area contributed by atoms with Gasteiger partial charge in [0.15, 0.2) is 0 Å². The molecular formula is C9H12F2N2S. The van der Waals surface area contributed by atoms with Crippen molar-refractivity contribution in [3.8, 4) is 0 Å². The van der Waals surface area contributed by atoms with E-state index in [2.05, 4.69) is 4.98 Å². The minimum Gasteiger partial charge on any atom is -0.330 e. The molecule has 2 N–H and O–H groups in total. The number of hydrogen-bond donors (Lipinski definition) is 1. The number of aromatic nitrogens is 1. The zero-order chi connectivity index (χ0) is 10.2. The summed E-state index contributed by atoms with van der Waals surface area (Å²) in [6.07, 6.45) is 0.906. The van der Waals surface area contributed by atoms with Crippen LogP contribution in [0.3, 0.4) is 0 Å². The number of nitrogens with two attached hydrogens (primary N) is 1. The first-order valence-corrected chi connectivity index (χ1v) is 5.48. The SMILES string of the molecule is NCCc1nc2c(s1)CC(F)(F)CC2. The summed E-state index contributed by atoms with van der Waals surface area (Å²) < 4.78 is 26.1. The average Bonchev–Trinajstić information content (AvgIpc) is 2.45. The molecule has 0 bridgehead atoms. The van der Waals surface area contributed by atoms with Crippen molar-refractivity contribution in [2.24, 2.45) is 5.73 Å². The maximum Gasteiger partial charge on any atom is 0.253 e. The molecule has 0 saturated carbocycles. The fourth-order valence-electron chi connectivity index (χ4n) is 1.63. The Morgan fingerprint density at radius 3 is 3.00 bits per heavy atom. The summed E-state index contributed by atoms with van der Waals surface area (Å²) in [6.45, 7) is 0.531. The van der Waals surface area contributed by atoms with E-state index in [1.165, 1.54) is 11.3 Å². The molecule has 1 aliphatic carbocycles. The van der Waals surface area contributed by atoms with Crippen LogP contribution >= 0.6 is 11.3 Å². The van der Waals surface area contributed by atoms with Gasteiger partial charge in [0.25, 0.3) is 5.92 Å². The molecule has 0 fully saturated rings. The number of fused-ring (bicyclic) bond motifs is 1. The molecule has 5 heteroatoms. The van der Waals surface area contributed by atoms with Crippen LogP contribution in [0.1, 0.15) is 22.0 Å². The van der Waals surface area contributed by atoms with Gasteiger partial charge in [0.05, 0.1) is 10.7 Å². The number of rotatable bonds is 2. The monoisotopic (exact) mass is 218 g/mol. The topological polar surface area (TPSA) is 38.9 Å². The standard InChI is InChI=1S/C9H12F2N2S/c10-9(11)3-1-6-7(5-9)14-8(13-6)2-4-12/h1-5,12H2. The van der Waals surface area contributed by atoms with Gasteiger partial charge in [0, 0.05) is 24.1 Å². The van der Waals surface area contributed by atoms with Crippen LogP contribution in [0.2, 0.25) is 0 Å². The Labute approximate surface area is 85.1 Å². The first-order valence-electron chi connectivity index (χ1n) is 4.66. The molecule has 14 heavy (non-hydrogen) atoms. The van der Waals surface area contributed by atoms with Crippen LogP contribution in [0.25, 0.3) is 0 Å². The van der Waals surface area contributed by atoms with Gasteiger partial charge in [-0.05, 0) is 13.0 Å². The van der Waals surface area contributed by atoms with Crippen molar-refractivity contribution in [2.75, 3.05) is 6.54 Å². The number of thiazole rings is 1. The second-order valence-corrected chi connectivity index (χ2v) is 4.72. The van der Waals surface area contributed by atoms with Gasteiger partial charge in [0.2, 0.25) is 0 Å². The van der Waals surface area contributed by atoms with Crippen molar-refractivity contribution >= 4 is 11.3 Å². The van der Waals surface area contributed by atoms with E-state index in [1.54, 1.807) is 0 Å². The molecule has 0 radical (unpaired) electrons. The Kier molecular flexibility index (Phi) is 2.53. The molecule has 0 aliphatic heterocycles. The smallest absolute Gasteiger partial charge is 0.253 e. The van der Waals surface area contributed by atoms with Gasteiger partial charge in [0.1, 0.15) is 0 Å².